The Balaban J connectivity index is 2.38. The van der Waals surface area contributed by atoms with Crippen molar-refractivity contribution in [3.05, 3.63) is 18.2 Å². The molecular weight excluding hydrogens is 324 g/mol. The van der Waals surface area contributed by atoms with Crippen LogP contribution >= 0.6 is 0 Å². The van der Waals surface area contributed by atoms with E-state index in [0.29, 0.717) is 5.75 Å². The number of ether oxygens (including phenoxy) is 1. The second kappa shape index (κ2) is 6.55. The van der Waals surface area contributed by atoms with Crippen LogP contribution in [-0.4, -0.2) is 49.4 Å². The van der Waals surface area contributed by atoms with Crippen molar-refractivity contribution in [2.45, 2.75) is 18.7 Å². The molecule has 2 N–H and O–H groups in total. The lowest BCUT2D eigenvalue weighted by molar-refractivity contribution is -0.137. The Kier molecular flexibility index (Phi) is 4.90. The van der Waals surface area contributed by atoms with Crippen LogP contribution in [-0.2, 0) is 19.6 Å². The zero-order chi connectivity index (χ0) is 17.2. The summed E-state index contributed by atoms with van der Waals surface area (Å²) in [7, 11) is -4.00. The van der Waals surface area contributed by atoms with Crippen molar-refractivity contribution in [3.8, 4) is 5.75 Å². The second-order valence-corrected chi connectivity index (χ2v) is 7.52. The predicted molar refractivity (Wildman–Crippen MR) is 81.8 cm³/mol. The molecular formula is C14H18N2O6S. The van der Waals surface area contributed by atoms with E-state index in [1.54, 1.807) is 13.8 Å². The van der Waals surface area contributed by atoms with Crippen molar-refractivity contribution in [2.75, 3.05) is 25.0 Å². The van der Waals surface area contributed by atoms with Gasteiger partial charge < -0.3 is 15.2 Å². The number of rotatable bonds is 6. The predicted octanol–water partition coefficient (Wildman–Crippen LogP) is 0.749. The van der Waals surface area contributed by atoms with Crippen LogP contribution in [0.5, 0.6) is 5.75 Å². The molecule has 0 spiro atoms. The number of carbonyl (C=O) groups excluding carboxylic acids is 1. The maximum absolute atomic E-state index is 12.7. The molecule has 1 aliphatic heterocycles. The molecule has 0 fully saturated rings. The standard InChI is InChI=1S/C14H18N2O6S/c1-9(2)6-16(7-14(18)19)23(20,21)10-3-4-12-11(5-10)15-13(17)8-22-12/h3-5,9H,6-8H2,1-2H3,(H,15,17)(H,18,19). The van der Waals surface area contributed by atoms with E-state index in [2.05, 4.69) is 5.32 Å². The van der Waals surface area contributed by atoms with E-state index in [1.807, 2.05) is 0 Å². The van der Waals surface area contributed by atoms with Gasteiger partial charge >= 0.3 is 5.97 Å². The lowest BCUT2D eigenvalue weighted by atomic mass is 10.2. The number of carbonyl (C=O) groups is 2. The van der Waals surface area contributed by atoms with Crippen molar-refractivity contribution in [1.82, 2.24) is 4.31 Å². The molecule has 0 atom stereocenters. The quantitative estimate of drug-likeness (QED) is 0.789. The highest BCUT2D eigenvalue weighted by atomic mass is 32.2. The van der Waals surface area contributed by atoms with Crippen LogP contribution in [0, 0.1) is 5.92 Å². The van der Waals surface area contributed by atoms with Crippen molar-refractivity contribution >= 4 is 27.6 Å². The number of anilines is 1. The van der Waals surface area contributed by atoms with Crippen LogP contribution in [0.25, 0.3) is 0 Å². The molecule has 0 saturated heterocycles. The summed E-state index contributed by atoms with van der Waals surface area (Å²) in [5.74, 6) is -1.28. The summed E-state index contributed by atoms with van der Waals surface area (Å²) in [5.41, 5.74) is 0.252. The van der Waals surface area contributed by atoms with Gasteiger partial charge in [0.05, 0.1) is 10.6 Å². The molecule has 8 nitrogen and oxygen atoms in total. The summed E-state index contributed by atoms with van der Waals surface area (Å²) in [6.45, 7) is 2.92. The molecule has 1 aliphatic rings. The largest absolute Gasteiger partial charge is 0.482 e. The molecule has 126 valence electrons. The van der Waals surface area contributed by atoms with Crippen LogP contribution in [0.2, 0.25) is 0 Å². The van der Waals surface area contributed by atoms with E-state index in [9.17, 15) is 18.0 Å². The first-order valence-corrected chi connectivity index (χ1v) is 8.43. The fraction of sp³-hybridized carbons (Fsp3) is 0.429. The topological polar surface area (TPSA) is 113 Å². The summed E-state index contributed by atoms with van der Waals surface area (Å²) in [4.78, 5) is 22.2. The number of hydrogen-bond acceptors (Lipinski definition) is 5. The number of nitrogens with one attached hydrogen (secondary N) is 1. The van der Waals surface area contributed by atoms with Gasteiger partial charge in [-0.1, -0.05) is 13.8 Å². The van der Waals surface area contributed by atoms with Crippen LogP contribution < -0.4 is 10.1 Å². The molecule has 1 aromatic rings. The van der Waals surface area contributed by atoms with Gasteiger partial charge in [-0.2, -0.15) is 4.31 Å². The number of fused-ring (bicyclic) bond motifs is 1. The maximum Gasteiger partial charge on any atom is 0.318 e. The van der Waals surface area contributed by atoms with E-state index < -0.39 is 22.5 Å². The normalized spacial score (nSPS) is 14.3. The molecule has 0 unspecified atom stereocenters. The Labute approximate surface area is 134 Å². The summed E-state index contributed by atoms with van der Waals surface area (Å²) in [6.07, 6.45) is 0. The Morgan fingerprint density at radius 1 is 1.43 bits per heavy atom. The highest BCUT2D eigenvalue weighted by molar-refractivity contribution is 7.89. The fourth-order valence-electron chi connectivity index (χ4n) is 2.18. The molecule has 0 saturated carbocycles. The molecule has 0 aliphatic carbocycles. The second-order valence-electron chi connectivity index (χ2n) is 5.58. The number of amides is 1. The zero-order valence-electron chi connectivity index (χ0n) is 12.8. The van der Waals surface area contributed by atoms with Gasteiger partial charge in [-0.15, -0.1) is 0 Å². The molecule has 23 heavy (non-hydrogen) atoms. The lowest BCUT2D eigenvalue weighted by Gasteiger charge is -2.23. The van der Waals surface area contributed by atoms with E-state index >= 15 is 0 Å². The minimum absolute atomic E-state index is 0.0372. The number of carboxylic acids is 1. The number of sulfonamides is 1. The first-order chi connectivity index (χ1) is 10.7. The van der Waals surface area contributed by atoms with Crippen LogP contribution in [0.15, 0.2) is 23.1 Å². The molecule has 1 heterocycles. The van der Waals surface area contributed by atoms with Crippen LogP contribution in [0.4, 0.5) is 5.69 Å². The first kappa shape index (κ1) is 17.2. The van der Waals surface area contributed by atoms with Crippen molar-refractivity contribution in [1.29, 1.82) is 0 Å². The Morgan fingerprint density at radius 3 is 2.74 bits per heavy atom. The van der Waals surface area contributed by atoms with Crippen LogP contribution in [0.1, 0.15) is 13.8 Å². The fourth-order valence-corrected chi connectivity index (χ4v) is 3.76. The minimum atomic E-state index is -4.00. The minimum Gasteiger partial charge on any atom is -0.482 e. The molecule has 0 aromatic heterocycles. The van der Waals surface area contributed by atoms with Crippen molar-refractivity contribution in [2.24, 2.45) is 5.92 Å². The van der Waals surface area contributed by atoms with Gasteiger partial charge in [-0.25, -0.2) is 8.42 Å². The number of benzene rings is 1. The highest BCUT2D eigenvalue weighted by Gasteiger charge is 2.29. The van der Waals surface area contributed by atoms with Crippen molar-refractivity contribution in [3.63, 3.8) is 0 Å². The number of carboxylic acid groups (broad SMARTS) is 1. The maximum atomic E-state index is 12.7. The SMILES string of the molecule is CC(C)CN(CC(=O)O)S(=O)(=O)c1ccc2c(c1)NC(=O)CO2. The summed E-state index contributed by atoms with van der Waals surface area (Å²) in [5, 5.41) is 11.5. The third-order valence-electron chi connectivity index (χ3n) is 3.10. The molecule has 1 amide bonds. The van der Waals surface area contributed by atoms with E-state index in [1.165, 1.54) is 18.2 Å². The van der Waals surface area contributed by atoms with Crippen molar-refractivity contribution < 1.29 is 27.9 Å². The number of aliphatic carboxylic acids is 1. The smallest absolute Gasteiger partial charge is 0.318 e. The van der Waals surface area contributed by atoms with Gasteiger partial charge in [0.2, 0.25) is 10.0 Å². The molecule has 9 heteroatoms. The van der Waals surface area contributed by atoms with Gasteiger partial charge in [-0.05, 0) is 24.1 Å². The summed E-state index contributed by atoms with van der Waals surface area (Å²) < 4.78 is 31.4. The van der Waals surface area contributed by atoms with Gasteiger partial charge in [0.25, 0.3) is 5.91 Å². The van der Waals surface area contributed by atoms with Gasteiger partial charge in [0, 0.05) is 6.54 Å². The number of hydrogen-bond donors (Lipinski definition) is 2. The molecule has 2 rings (SSSR count). The average Bonchev–Trinajstić information content (AvgIpc) is 2.44. The Morgan fingerprint density at radius 2 is 2.13 bits per heavy atom. The lowest BCUT2D eigenvalue weighted by Crippen LogP contribution is -2.38. The molecule has 0 radical (unpaired) electrons. The first-order valence-electron chi connectivity index (χ1n) is 6.99. The zero-order valence-corrected chi connectivity index (χ0v) is 13.6. The third-order valence-corrected chi connectivity index (χ3v) is 4.91. The van der Waals surface area contributed by atoms with E-state index in [4.69, 9.17) is 9.84 Å². The van der Waals surface area contributed by atoms with Gasteiger partial charge in [-0.3, -0.25) is 9.59 Å². The summed E-state index contributed by atoms with van der Waals surface area (Å²) in [6, 6.07) is 4.05. The third kappa shape index (κ3) is 3.99. The molecule has 1 aromatic carbocycles. The monoisotopic (exact) mass is 342 g/mol. The van der Waals surface area contributed by atoms with E-state index in [0.717, 1.165) is 4.31 Å². The van der Waals surface area contributed by atoms with Gasteiger partial charge in [0.15, 0.2) is 6.61 Å². The van der Waals surface area contributed by atoms with E-state index in [-0.39, 0.29) is 35.6 Å². The van der Waals surface area contributed by atoms with Gasteiger partial charge in [0.1, 0.15) is 12.3 Å². The summed E-state index contributed by atoms with van der Waals surface area (Å²) >= 11 is 0. The highest BCUT2D eigenvalue weighted by Crippen LogP contribution is 2.31. The molecule has 0 bridgehead atoms. The number of nitrogens with zero attached hydrogens (tertiary/aromatic N) is 1. The Bertz CT molecular complexity index is 729. The van der Waals surface area contributed by atoms with Crippen LogP contribution in [0.3, 0.4) is 0 Å². The Hall–Kier alpha value is -2.13. The average molecular weight is 342 g/mol.